The molecule has 0 aromatic carbocycles. The molecule has 2 heteroatoms. The molecular formula is C7H16N2. The Balaban J connectivity index is 3.73. The molecule has 0 fully saturated rings. The first-order chi connectivity index (χ1) is 4.09. The van der Waals surface area contributed by atoms with Gasteiger partial charge in [-0.1, -0.05) is 20.8 Å². The fourth-order valence-corrected chi connectivity index (χ4v) is 0.648. The monoisotopic (exact) mass is 128 g/mol. The highest BCUT2D eigenvalue weighted by atomic mass is 14.7. The van der Waals surface area contributed by atoms with E-state index in [2.05, 4.69) is 0 Å². The van der Waals surface area contributed by atoms with Crippen LogP contribution in [0.4, 0.5) is 0 Å². The van der Waals surface area contributed by atoms with Crippen molar-refractivity contribution in [2.24, 2.45) is 11.7 Å². The van der Waals surface area contributed by atoms with Crippen LogP contribution in [0.3, 0.4) is 0 Å². The fraction of sp³-hybridized carbons (Fsp3) is 0.857. The molecule has 0 amide bonds. The second-order valence-corrected chi connectivity index (χ2v) is 2.62. The van der Waals surface area contributed by atoms with Gasteiger partial charge in [0, 0.05) is 11.8 Å². The zero-order valence-electron chi connectivity index (χ0n) is 6.44. The highest BCUT2D eigenvalue weighted by Gasteiger charge is 2.09. The van der Waals surface area contributed by atoms with Gasteiger partial charge >= 0.3 is 0 Å². The number of nitrogens with one attached hydrogen (secondary N) is 1. The van der Waals surface area contributed by atoms with Gasteiger partial charge in [-0.15, -0.1) is 0 Å². The average Bonchev–Trinajstić information content (AvgIpc) is 1.84. The van der Waals surface area contributed by atoms with Crippen molar-refractivity contribution in [1.29, 1.82) is 5.41 Å². The molecule has 9 heavy (non-hydrogen) atoms. The first kappa shape index (κ1) is 8.63. The summed E-state index contributed by atoms with van der Waals surface area (Å²) in [6.07, 6.45) is 0.872. The van der Waals surface area contributed by atoms with Gasteiger partial charge < -0.3 is 11.1 Å². The van der Waals surface area contributed by atoms with Crippen LogP contribution in [0.25, 0.3) is 0 Å². The maximum Gasteiger partial charge on any atom is 0.0423 e. The first-order valence-corrected chi connectivity index (χ1v) is 3.43. The Morgan fingerprint density at radius 1 is 1.56 bits per heavy atom. The summed E-state index contributed by atoms with van der Waals surface area (Å²) >= 11 is 0. The third-order valence-corrected chi connectivity index (χ3v) is 1.46. The molecule has 0 aromatic rings. The summed E-state index contributed by atoms with van der Waals surface area (Å²) in [7, 11) is 0. The summed E-state index contributed by atoms with van der Waals surface area (Å²) < 4.78 is 0. The smallest absolute Gasteiger partial charge is 0.0423 e. The van der Waals surface area contributed by atoms with Crippen LogP contribution in [-0.4, -0.2) is 11.8 Å². The van der Waals surface area contributed by atoms with E-state index in [4.69, 9.17) is 11.1 Å². The second-order valence-electron chi connectivity index (χ2n) is 2.62. The van der Waals surface area contributed by atoms with Gasteiger partial charge in [0.15, 0.2) is 0 Å². The van der Waals surface area contributed by atoms with Gasteiger partial charge in [0.1, 0.15) is 0 Å². The maximum atomic E-state index is 7.42. The second kappa shape index (κ2) is 3.62. The summed E-state index contributed by atoms with van der Waals surface area (Å²) in [6, 6.07) is -0.0231. The van der Waals surface area contributed by atoms with Crippen molar-refractivity contribution in [2.75, 3.05) is 0 Å². The average molecular weight is 128 g/mol. The molecule has 0 aromatic heterocycles. The minimum atomic E-state index is -0.0231. The van der Waals surface area contributed by atoms with E-state index in [1.54, 1.807) is 0 Å². The van der Waals surface area contributed by atoms with Crippen molar-refractivity contribution in [2.45, 2.75) is 33.2 Å². The van der Waals surface area contributed by atoms with Crippen LogP contribution in [0, 0.1) is 11.3 Å². The zero-order valence-corrected chi connectivity index (χ0v) is 6.44. The third kappa shape index (κ3) is 2.61. The summed E-state index contributed by atoms with van der Waals surface area (Å²) in [5, 5.41) is 7.42. The molecule has 3 N–H and O–H groups in total. The summed E-state index contributed by atoms with van der Waals surface area (Å²) in [5.74, 6) is 0.306. The Kier molecular flexibility index (Phi) is 3.47. The van der Waals surface area contributed by atoms with Crippen LogP contribution in [0.15, 0.2) is 0 Å². The fourth-order valence-electron chi connectivity index (χ4n) is 0.648. The van der Waals surface area contributed by atoms with Crippen LogP contribution in [0.2, 0.25) is 0 Å². The van der Waals surface area contributed by atoms with E-state index in [1.165, 1.54) is 0 Å². The number of nitrogens with two attached hydrogens (primary N) is 1. The first-order valence-electron chi connectivity index (χ1n) is 3.43. The van der Waals surface area contributed by atoms with E-state index in [9.17, 15) is 0 Å². The number of hydrogen-bond acceptors (Lipinski definition) is 2. The lowest BCUT2D eigenvalue weighted by molar-refractivity contribution is 0.739. The molecule has 0 aliphatic rings. The van der Waals surface area contributed by atoms with Gasteiger partial charge in [-0.2, -0.15) is 0 Å². The van der Waals surface area contributed by atoms with Gasteiger partial charge in [0.05, 0.1) is 0 Å². The van der Waals surface area contributed by atoms with Crippen LogP contribution in [0.5, 0.6) is 0 Å². The minimum absolute atomic E-state index is 0.0231. The van der Waals surface area contributed by atoms with Gasteiger partial charge in [-0.05, 0) is 12.3 Å². The van der Waals surface area contributed by atoms with Crippen LogP contribution >= 0.6 is 0 Å². The van der Waals surface area contributed by atoms with Gasteiger partial charge in [0.25, 0.3) is 0 Å². The van der Waals surface area contributed by atoms with Crippen molar-refractivity contribution >= 4 is 5.71 Å². The van der Waals surface area contributed by atoms with E-state index in [0.29, 0.717) is 11.6 Å². The molecule has 1 unspecified atom stereocenters. The summed E-state index contributed by atoms with van der Waals surface area (Å²) in [4.78, 5) is 0. The topological polar surface area (TPSA) is 49.9 Å². The normalized spacial score (nSPS) is 13.9. The Morgan fingerprint density at radius 3 is 2.11 bits per heavy atom. The standard InChI is InChI=1S/C7H16N2/c1-4-6(8)7(9)5(2)3/h5-6,9H,4,8H2,1-3H3. The van der Waals surface area contributed by atoms with E-state index >= 15 is 0 Å². The lowest BCUT2D eigenvalue weighted by Crippen LogP contribution is -2.32. The highest BCUT2D eigenvalue weighted by Crippen LogP contribution is 2.00. The lowest BCUT2D eigenvalue weighted by Gasteiger charge is -2.12. The van der Waals surface area contributed by atoms with E-state index in [1.807, 2.05) is 20.8 Å². The van der Waals surface area contributed by atoms with Gasteiger partial charge in [0.2, 0.25) is 0 Å². The van der Waals surface area contributed by atoms with Crippen molar-refractivity contribution in [3.8, 4) is 0 Å². The Bertz CT molecular complexity index is 97.1. The van der Waals surface area contributed by atoms with Crippen molar-refractivity contribution in [1.82, 2.24) is 0 Å². The van der Waals surface area contributed by atoms with Crippen LogP contribution < -0.4 is 5.73 Å². The molecule has 0 rings (SSSR count). The molecule has 54 valence electrons. The largest absolute Gasteiger partial charge is 0.323 e. The van der Waals surface area contributed by atoms with E-state index in [0.717, 1.165) is 6.42 Å². The molecule has 0 saturated carbocycles. The zero-order chi connectivity index (χ0) is 7.44. The van der Waals surface area contributed by atoms with Gasteiger partial charge in [-0.3, -0.25) is 0 Å². The molecule has 0 spiro atoms. The number of hydrogen-bond donors (Lipinski definition) is 2. The van der Waals surface area contributed by atoms with E-state index < -0.39 is 0 Å². The van der Waals surface area contributed by atoms with E-state index in [-0.39, 0.29) is 6.04 Å². The molecule has 0 saturated heterocycles. The lowest BCUT2D eigenvalue weighted by atomic mass is 10.00. The Labute approximate surface area is 57.0 Å². The molecule has 0 aliphatic carbocycles. The SMILES string of the molecule is CCC(N)C(=N)C(C)C. The quantitative estimate of drug-likeness (QED) is 0.554. The molecule has 0 heterocycles. The van der Waals surface area contributed by atoms with Crippen molar-refractivity contribution < 1.29 is 0 Å². The molecular weight excluding hydrogens is 112 g/mol. The molecule has 2 nitrogen and oxygen atoms in total. The van der Waals surface area contributed by atoms with Crippen LogP contribution in [0.1, 0.15) is 27.2 Å². The third-order valence-electron chi connectivity index (χ3n) is 1.46. The predicted molar refractivity (Wildman–Crippen MR) is 40.8 cm³/mol. The maximum absolute atomic E-state index is 7.42. The van der Waals surface area contributed by atoms with Gasteiger partial charge in [-0.25, -0.2) is 0 Å². The highest BCUT2D eigenvalue weighted by molar-refractivity contribution is 5.88. The Hall–Kier alpha value is -0.370. The van der Waals surface area contributed by atoms with Crippen LogP contribution in [-0.2, 0) is 0 Å². The predicted octanol–water partition coefficient (Wildman–Crippen LogP) is 1.40. The molecule has 0 radical (unpaired) electrons. The Morgan fingerprint density at radius 2 is 2.00 bits per heavy atom. The molecule has 0 aliphatic heterocycles. The summed E-state index contributed by atoms with van der Waals surface area (Å²) in [5.41, 5.74) is 6.26. The van der Waals surface area contributed by atoms with Crippen molar-refractivity contribution in [3.05, 3.63) is 0 Å². The van der Waals surface area contributed by atoms with Crippen molar-refractivity contribution in [3.63, 3.8) is 0 Å². The number of rotatable bonds is 3. The summed E-state index contributed by atoms with van der Waals surface area (Å²) in [6.45, 7) is 6.00. The molecule has 1 atom stereocenters. The minimum Gasteiger partial charge on any atom is -0.323 e. The molecule has 0 bridgehead atoms.